The number of ether oxygens (including phenoxy) is 1. The number of alkyl halides is 3. The van der Waals surface area contributed by atoms with Crippen molar-refractivity contribution in [3.05, 3.63) is 17.8 Å². The Balaban J connectivity index is 3.52. The molecule has 1 aromatic heterocycles. The molecule has 0 unspecified atom stereocenters. The van der Waals surface area contributed by atoms with Gasteiger partial charge in [0.05, 0.1) is 7.11 Å². The highest BCUT2D eigenvalue weighted by molar-refractivity contribution is 8.13. The van der Waals surface area contributed by atoms with Crippen LogP contribution in [0, 0.1) is 0 Å². The van der Waals surface area contributed by atoms with Crippen molar-refractivity contribution in [1.29, 1.82) is 0 Å². The van der Waals surface area contributed by atoms with Gasteiger partial charge in [0.1, 0.15) is 4.90 Å². The smallest absolute Gasteiger partial charge is 0.434 e. The van der Waals surface area contributed by atoms with E-state index in [1.165, 1.54) is 0 Å². The molecule has 0 amide bonds. The van der Waals surface area contributed by atoms with Crippen LogP contribution < -0.4 is 4.74 Å². The first kappa shape index (κ1) is 13.0. The molecule has 1 heterocycles. The van der Waals surface area contributed by atoms with Crippen LogP contribution in [-0.4, -0.2) is 20.5 Å². The van der Waals surface area contributed by atoms with Gasteiger partial charge in [-0.05, 0) is 6.07 Å². The molecule has 0 aliphatic carbocycles. The summed E-state index contributed by atoms with van der Waals surface area (Å²) in [6.07, 6.45) is -4.92. The van der Waals surface area contributed by atoms with Crippen molar-refractivity contribution in [1.82, 2.24) is 4.98 Å². The number of methoxy groups -OCH3 is 1. The van der Waals surface area contributed by atoms with E-state index in [0.29, 0.717) is 6.07 Å². The summed E-state index contributed by atoms with van der Waals surface area (Å²) in [5, 5.41) is 0. The maximum absolute atomic E-state index is 12.5. The van der Waals surface area contributed by atoms with E-state index >= 15 is 0 Å². The average Bonchev–Trinajstić information content (AvgIpc) is 2.14. The van der Waals surface area contributed by atoms with Crippen molar-refractivity contribution in [3.8, 4) is 5.88 Å². The van der Waals surface area contributed by atoms with Gasteiger partial charge in [0.25, 0.3) is 9.05 Å². The summed E-state index contributed by atoms with van der Waals surface area (Å²) in [7, 11) is 1.46. The molecule has 4 nitrogen and oxygen atoms in total. The monoisotopic (exact) mass is 275 g/mol. The lowest BCUT2D eigenvalue weighted by Crippen LogP contribution is -2.13. The predicted octanol–water partition coefficient (Wildman–Crippen LogP) is 2.04. The topological polar surface area (TPSA) is 56.3 Å². The Morgan fingerprint density at radius 1 is 1.38 bits per heavy atom. The Bertz CT molecular complexity index is 500. The van der Waals surface area contributed by atoms with Crippen LogP contribution >= 0.6 is 10.7 Å². The second kappa shape index (κ2) is 4.10. The van der Waals surface area contributed by atoms with Crippen molar-refractivity contribution < 1.29 is 26.3 Å². The second-order valence-corrected chi connectivity index (χ2v) is 5.17. The standard InChI is InChI=1S/C7H5ClF3NO3S/c1-15-5-3-2-4(16(8,13)14)6(12-5)7(9,10)11/h2-3H,1H3. The Kier molecular flexibility index (Phi) is 3.34. The fourth-order valence-electron chi connectivity index (χ4n) is 0.942. The lowest BCUT2D eigenvalue weighted by Gasteiger charge is -2.10. The summed E-state index contributed by atoms with van der Waals surface area (Å²) in [5.41, 5.74) is -1.60. The van der Waals surface area contributed by atoms with E-state index in [0.717, 1.165) is 13.2 Å². The van der Waals surface area contributed by atoms with Gasteiger partial charge in [-0.3, -0.25) is 0 Å². The maximum Gasteiger partial charge on any atom is 0.434 e. The Labute approximate surface area is 93.4 Å². The molecule has 0 spiro atoms. The minimum Gasteiger partial charge on any atom is -0.481 e. The minimum absolute atomic E-state index is 0.351. The van der Waals surface area contributed by atoms with Gasteiger partial charge in [-0.2, -0.15) is 13.2 Å². The van der Waals surface area contributed by atoms with E-state index in [1.807, 2.05) is 0 Å². The third-order valence-electron chi connectivity index (χ3n) is 1.57. The first-order valence-electron chi connectivity index (χ1n) is 3.73. The fourth-order valence-corrected chi connectivity index (χ4v) is 1.94. The molecule has 90 valence electrons. The van der Waals surface area contributed by atoms with E-state index in [4.69, 9.17) is 10.7 Å². The van der Waals surface area contributed by atoms with Crippen LogP contribution in [0.3, 0.4) is 0 Å². The van der Waals surface area contributed by atoms with E-state index in [2.05, 4.69) is 9.72 Å². The Hall–Kier alpha value is -1.02. The molecule has 0 fully saturated rings. The molecule has 1 aromatic rings. The number of nitrogens with zero attached hydrogens (tertiary/aromatic N) is 1. The molecule has 0 saturated heterocycles. The summed E-state index contributed by atoms with van der Waals surface area (Å²) in [6.45, 7) is 0. The van der Waals surface area contributed by atoms with Gasteiger partial charge < -0.3 is 4.74 Å². The molecular weight excluding hydrogens is 271 g/mol. The van der Waals surface area contributed by atoms with Crippen LogP contribution in [-0.2, 0) is 15.2 Å². The van der Waals surface area contributed by atoms with Gasteiger partial charge in [-0.1, -0.05) is 0 Å². The Morgan fingerprint density at radius 2 is 1.94 bits per heavy atom. The van der Waals surface area contributed by atoms with Crippen molar-refractivity contribution in [2.75, 3.05) is 7.11 Å². The van der Waals surface area contributed by atoms with Crippen molar-refractivity contribution >= 4 is 19.7 Å². The number of rotatable bonds is 2. The maximum atomic E-state index is 12.5. The zero-order valence-corrected chi connectivity index (χ0v) is 9.32. The number of aromatic nitrogens is 1. The van der Waals surface area contributed by atoms with E-state index in [-0.39, 0.29) is 5.88 Å². The van der Waals surface area contributed by atoms with Gasteiger partial charge in [0.15, 0.2) is 5.69 Å². The third kappa shape index (κ3) is 2.76. The lowest BCUT2D eigenvalue weighted by molar-refractivity contribution is -0.143. The summed E-state index contributed by atoms with van der Waals surface area (Å²) in [6, 6.07) is 1.67. The molecule has 0 aliphatic heterocycles. The van der Waals surface area contributed by atoms with Crippen LogP contribution in [0.25, 0.3) is 0 Å². The van der Waals surface area contributed by atoms with Gasteiger partial charge in [-0.15, -0.1) is 0 Å². The number of halogens is 4. The molecule has 0 bridgehead atoms. The molecule has 0 N–H and O–H groups in total. The van der Waals surface area contributed by atoms with Crippen LogP contribution in [0.4, 0.5) is 13.2 Å². The van der Waals surface area contributed by atoms with E-state index in [9.17, 15) is 21.6 Å². The molecule has 1 rings (SSSR count). The molecule has 0 aromatic carbocycles. The first-order valence-corrected chi connectivity index (χ1v) is 6.04. The predicted molar refractivity (Wildman–Crippen MR) is 48.8 cm³/mol. The molecule has 0 atom stereocenters. The van der Waals surface area contributed by atoms with Crippen LogP contribution in [0.5, 0.6) is 5.88 Å². The normalized spacial score (nSPS) is 12.6. The largest absolute Gasteiger partial charge is 0.481 e. The zero-order chi connectivity index (χ0) is 12.6. The summed E-state index contributed by atoms with van der Waals surface area (Å²) < 4.78 is 63.6. The van der Waals surface area contributed by atoms with Crippen LogP contribution in [0.2, 0.25) is 0 Å². The highest BCUT2D eigenvalue weighted by Crippen LogP contribution is 2.35. The van der Waals surface area contributed by atoms with E-state index in [1.54, 1.807) is 0 Å². The SMILES string of the molecule is COc1ccc(S(=O)(=O)Cl)c(C(F)(F)F)n1. The fraction of sp³-hybridized carbons (Fsp3) is 0.286. The van der Waals surface area contributed by atoms with Gasteiger partial charge in [0, 0.05) is 16.7 Å². The van der Waals surface area contributed by atoms with E-state index < -0.39 is 25.8 Å². The first-order chi connectivity index (χ1) is 7.16. The quantitative estimate of drug-likeness (QED) is 0.775. The summed E-state index contributed by atoms with van der Waals surface area (Å²) >= 11 is 0. The summed E-state index contributed by atoms with van der Waals surface area (Å²) in [5.74, 6) is -0.351. The zero-order valence-electron chi connectivity index (χ0n) is 7.75. The Morgan fingerprint density at radius 3 is 2.31 bits per heavy atom. The lowest BCUT2D eigenvalue weighted by atomic mass is 10.3. The third-order valence-corrected chi connectivity index (χ3v) is 2.93. The number of hydrogen-bond donors (Lipinski definition) is 0. The van der Waals surface area contributed by atoms with Gasteiger partial charge in [0.2, 0.25) is 5.88 Å². The van der Waals surface area contributed by atoms with Gasteiger partial charge >= 0.3 is 6.18 Å². The average molecular weight is 276 g/mol. The molecule has 0 aliphatic rings. The van der Waals surface area contributed by atoms with Gasteiger partial charge in [-0.25, -0.2) is 13.4 Å². The summed E-state index contributed by atoms with van der Waals surface area (Å²) in [4.78, 5) is 1.92. The van der Waals surface area contributed by atoms with Crippen molar-refractivity contribution in [3.63, 3.8) is 0 Å². The number of hydrogen-bond acceptors (Lipinski definition) is 4. The highest BCUT2D eigenvalue weighted by atomic mass is 35.7. The highest BCUT2D eigenvalue weighted by Gasteiger charge is 2.39. The van der Waals surface area contributed by atoms with Crippen LogP contribution in [0.1, 0.15) is 5.69 Å². The van der Waals surface area contributed by atoms with Crippen molar-refractivity contribution in [2.45, 2.75) is 11.1 Å². The second-order valence-electron chi connectivity index (χ2n) is 2.64. The van der Waals surface area contributed by atoms with Crippen LogP contribution in [0.15, 0.2) is 17.0 Å². The molecular formula is C7H5ClF3NO3S. The number of pyridine rings is 1. The molecule has 0 radical (unpaired) electrons. The minimum atomic E-state index is -4.92. The molecule has 9 heteroatoms. The van der Waals surface area contributed by atoms with Crippen molar-refractivity contribution in [2.24, 2.45) is 0 Å². The molecule has 16 heavy (non-hydrogen) atoms. The molecule has 0 saturated carbocycles.